The zero-order chi connectivity index (χ0) is 10.8. The summed E-state index contributed by atoms with van der Waals surface area (Å²) in [6.45, 7) is 1.75. The molecule has 1 aliphatic carbocycles. The first kappa shape index (κ1) is 10.3. The predicted octanol–water partition coefficient (Wildman–Crippen LogP) is 3.67. The molecule has 1 aromatic carbocycles. The largest absolute Gasteiger partial charge is 0.193 e. The molecule has 0 saturated carbocycles. The lowest BCUT2D eigenvalue weighted by molar-refractivity contribution is 0.912. The molecule has 0 unspecified atom stereocenters. The third-order valence-corrected chi connectivity index (χ3v) is 3.35. The molecule has 0 heterocycles. The number of hydrogen-bond acceptors (Lipinski definition) is 1. The van der Waals surface area contributed by atoms with Crippen molar-refractivity contribution in [3.63, 3.8) is 0 Å². The van der Waals surface area contributed by atoms with Crippen LogP contribution in [0.1, 0.15) is 30.0 Å². The van der Waals surface area contributed by atoms with Crippen LogP contribution in [0.15, 0.2) is 23.8 Å². The zero-order valence-electron chi connectivity index (χ0n) is 8.68. The highest BCUT2D eigenvalue weighted by Crippen LogP contribution is 2.28. The molecule has 15 heavy (non-hydrogen) atoms. The Labute approximate surface area is 95.0 Å². The van der Waals surface area contributed by atoms with E-state index in [1.807, 2.05) is 6.07 Å². The van der Waals surface area contributed by atoms with Crippen LogP contribution in [0.3, 0.4) is 0 Å². The summed E-state index contributed by atoms with van der Waals surface area (Å²) in [6, 6.07) is 8.33. The van der Waals surface area contributed by atoms with Crippen LogP contribution in [-0.4, -0.2) is 0 Å². The van der Waals surface area contributed by atoms with Crippen molar-refractivity contribution in [1.29, 1.82) is 5.26 Å². The van der Waals surface area contributed by atoms with Gasteiger partial charge in [0.15, 0.2) is 0 Å². The summed E-state index contributed by atoms with van der Waals surface area (Å²) in [7, 11) is 0. The Balaban J connectivity index is 2.44. The fourth-order valence-corrected chi connectivity index (χ4v) is 2.13. The third-order valence-electron chi connectivity index (χ3n) is 2.85. The molecule has 0 saturated heterocycles. The van der Waals surface area contributed by atoms with Gasteiger partial charge in [0.25, 0.3) is 0 Å². The Morgan fingerprint density at radius 3 is 2.80 bits per heavy atom. The molecule has 2 rings (SSSR count). The van der Waals surface area contributed by atoms with Crippen LogP contribution in [0.4, 0.5) is 0 Å². The Bertz CT molecular complexity index is 466. The van der Waals surface area contributed by atoms with Gasteiger partial charge in [0.1, 0.15) is 0 Å². The van der Waals surface area contributed by atoms with Crippen molar-refractivity contribution in [2.24, 2.45) is 0 Å². The normalized spacial score (nSPS) is 15.5. The average Bonchev–Trinajstić information content (AvgIpc) is 2.73. The van der Waals surface area contributed by atoms with Gasteiger partial charge in [0, 0.05) is 5.57 Å². The lowest BCUT2D eigenvalue weighted by Gasteiger charge is -2.04. The molecule has 0 amide bonds. The molecule has 0 atom stereocenters. The van der Waals surface area contributed by atoms with Crippen LogP contribution >= 0.6 is 11.6 Å². The van der Waals surface area contributed by atoms with E-state index in [1.165, 1.54) is 24.0 Å². The number of fused-ring (bicyclic) bond motifs is 1. The number of benzene rings is 1. The van der Waals surface area contributed by atoms with Gasteiger partial charge in [0.05, 0.1) is 11.1 Å². The molecule has 76 valence electrons. The van der Waals surface area contributed by atoms with Gasteiger partial charge in [-0.05, 0) is 48.9 Å². The number of halogens is 1. The molecule has 0 aliphatic heterocycles. The van der Waals surface area contributed by atoms with Gasteiger partial charge in [-0.25, -0.2) is 0 Å². The van der Waals surface area contributed by atoms with Crippen molar-refractivity contribution in [2.45, 2.75) is 26.2 Å². The summed E-state index contributed by atoms with van der Waals surface area (Å²) >= 11 is 6.12. The monoisotopic (exact) mass is 217 g/mol. The molecule has 1 aromatic rings. The summed E-state index contributed by atoms with van der Waals surface area (Å²) in [6.07, 6.45) is 3.55. The number of hydrogen-bond donors (Lipinski definition) is 0. The summed E-state index contributed by atoms with van der Waals surface area (Å²) in [5.41, 5.74) is 4.36. The van der Waals surface area contributed by atoms with Crippen LogP contribution in [0.2, 0.25) is 0 Å². The van der Waals surface area contributed by atoms with Crippen molar-refractivity contribution < 1.29 is 0 Å². The summed E-state index contributed by atoms with van der Waals surface area (Å²) in [5, 5.41) is 9.34. The Kier molecular flexibility index (Phi) is 2.79. The van der Waals surface area contributed by atoms with E-state index in [0.29, 0.717) is 10.6 Å². The Morgan fingerprint density at radius 2 is 2.07 bits per heavy atom. The van der Waals surface area contributed by atoms with Crippen molar-refractivity contribution in [3.05, 3.63) is 40.5 Å². The average molecular weight is 218 g/mol. The molecule has 0 spiro atoms. The van der Waals surface area contributed by atoms with Crippen molar-refractivity contribution in [3.8, 4) is 6.07 Å². The van der Waals surface area contributed by atoms with E-state index in [2.05, 4.69) is 18.2 Å². The van der Waals surface area contributed by atoms with Crippen molar-refractivity contribution >= 4 is 16.6 Å². The molecular formula is C13H12ClN. The Hall–Kier alpha value is -1.26. The standard InChI is InChI=1S/C13H12ClN/c1-9(8-15)13(14)12-6-5-10-3-2-4-11(10)7-12/h5-7H,2-4H2,1H3/b13-9-. The minimum atomic E-state index is 0.576. The van der Waals surface area contributed by atoms with Crippen LogP contribution in [0.25, 0.3) is 5.03 Å². The maximum absolute atomic E-state index is 8.77. The van der Waals surface area contributed by atoms with E-state index >= 15 is 0 Å². The first-order valence-corrected chi connectivity index (χ1v) is 5.49. The number of aryl methyl sites for hydroxylation is 2. The van der Waals surface area contributed by atoms with Crippen LogP contribution in [-0.2, 0) is 12.8 Å². The van der Waals surface area contributed by atoms with Gasteiger partial charge < -0.3 is 0 Å². The lowest BCUT2D eigenvalue weighted by atomic mass is 10.0. The van der Waals surface area contributed by atoms with Crippen molar-refractivity contribution in [2.75, 3.05) is 0 Å². The van der Waals surface area contributed by atoms with Gasteiger partial charge in [-0.2, -0.15) is 5.26 Å². The highest BCUT2D eigenvalue weighted by Gasteiger charge is 2.12. The van der Waals surface area contributed by atoms with E-state index in [0.717, 1.165) is 12.0 Å². The van der Waals surface area contributed by atoms with Gasteiger partial charge in [-0.15, -0.1) is 0 Å². The van der Waals surface area contributed by atoms with Gasteiger partial charge in [-0.1, -0.05) is 23.7 Å². The number of nitrogens with zero attached hydrogens (tertiary/aromatic N) is 1. The quantitative estimate of drug-likeness (QED) is 0.659. The summed E-state index contributed by atoms with van der Waals surface area (Å²) < 4.78 is 0. The summed E-state index contributed by atoms with van der Waals surface area (Å²) in [4.78, 5) is 0. The van der Waals surface area contributed by atoms with Crippen LogP contribution < -0.4 is 0 Å². The molecule has 1 aliphatic rings. The highest BCUT2D eigenvalue weighted by molar-refractivity contribution is 6.49. The first-order chi connectivity index (χ1) is 7.22. The molecule has 0 fully saturated rings. The van der Waals surface area contributed by atoms with Gasteiger partial charge >= 0.3 is 0 Å². The molecule has 0 bridgehead atoms. The SMILES string of the molecule is C/C(C#N)=C(/Cl)c1ccc2c(c1)CCC2. The minimum absolute atomic E-state index is 0.576. The van der Waals surface area contributed by atoms with Gasteiger partial charge in [-0.3, -0.25) is 0 Å². The number of nitriles is 1. The zero-order valence-corrected chi connectivity index (χ0v) is 9.43. The fraction of sp³-hybridized carbons (Fsp3) is 0.308. The van der Waals surface area contributed by atoms with E-state index in [-0.39, 0.29) is 0 Å². The predicted molar refractivity (Wildman–Crippen MR) is 62.5 cm³/mol. The maximum Gasteiger partial charge on any atom is 0.0959 e. The maximum atomic E-state index is 8.77. The topological polar surface area (TPSA) is 23.8 Å². The second kappa shape index (κ2) is 4.08. The van der Waals surface area contributed by atoms with Gasteiger partial charge in [0.2, 0.25) is 0 Å². The van der Waals surface area contributed by atoms with Crippen LogP contribution in [0, 0.1) is 11.3 Å². The molecule has 0 N–H and O–H groups in total. The number of allylic oxidation sites excluding steroid dienone is 1. The third kappa shape index (κ3) is 1.91. The molecule has 1 nitrogen and oxygen atoms in total. The van der Waals surface area contributed by atoms with E-state index in [4.69, 9.17) is 16.9 Å². The highest BCUT2D eigenvalue weighted by atomic mass is 35.5. The Morgan fingerprint density at radius 1 is 1.33 bits per heavy atom. The molecule has 2 heteroatoms. The molecule has 0 radical (unpaired) electrons. The van der Waals surface area contributed by atoms with Crippen LogP contribution in [0.5, 0.6) is 0 Å². The lowest BCUT2D eigenvalue weighted by Crippen LogP contribution is -1.86. The first-order valence-electron chi connectivity index (χ1n) is 5.11. The molecular weight excluding hydrogens is 206 g/mol. The summed E-state index contributed by atoms with van der Waals surface area (Å²) in [5.74, 6) is 0. The molecule has 0 aromatic heterocycles. The second-order valence-electron chi connectivity index (χ2n) is 3.89. The van der Waals surface area contributed by atoms with E-state index in [9.17, 15) is 0 Å². The fourth-order valence-electron chi connectivity index (χ4n) is 1.97. The smallest absolute Gasteiger partial charge is 0.0959 e. The van der Waals surface area contributed by atoms with E-state index in [1.54, 1.807) is 6.92 Å². The number of rotatable bonds is 1. The van der Waals surface area contributed by atoms with E-state index < -0.39 is 0 Å². The van der Waals surface area contributed by atoms with Crippen molar-refractivity contribution in [1.82, 2.24) is 0 Å². The minimum Gasteiger partial charge on any atom is -0.193 e. The second-order valence-corrected chi connectivity index (χ2v) is 4.27.